The monoisotopic (exact) mass is 388 g/mol. The minimum Gasteiger partial charge on any atom is -0.497 e. The molecular formula is C19H24N4O5. The van der Waals surface area contributed by atoms with Crippen molar-refractivity contribution in [2.24, 2.45) is 0 Å². The highest BCUT2D eigenvalue weighted by molar-refractivity contribution is 6.39. The molecule has 1 saturated heterocycles. The lowest BCUT2D eigenvalue weighted by atomic mass is 10.0. The number of anilines is 1. The minimum absolute atomic E-state index is 0.0825. The van der Waals surface area contributed by atoms with Crippen LogP contribution in [0.3, 0.4) is 0 Å². The van der Waals surface area contributed by atoms with Gasteiger partial charge in [-0.1, -0.05) is 17.3 Å². The third kappa shape index (κ3) is 5.08. The molecule has 2 heterocycles. The molecule has 1 atom stereocenters. The Morgan fingerprint density at radius 2 is 1.93 bits per heavy atom. The summed E-state index contributed by atoms with van der Waals surface area (Å²) in [5.74, 6) is -0.00731. The van der Waals surface area contributed by atoms with Gasteiger partial charge in [-0.05, 0) is 24.6 Å². The van der Waals surface area contributed by atoms with Crippen molar-refractivity contribution < 1.29 is 23.6 Å². The molecule has 0 spiro atoms. The van der Waals surface area contributed by atoms with Gasteiger partial charge in [0.1, 0.15) is 11.5 Å². The molecule has 3 rings (SSSR count). The van der Waals surface area contributed by atoms with Crippen molar-refractivity contribution in [2.75, 3.05) is 45.3 Å². The van der Waals surface area contributed by atoms with Gasteiger partial charge in [0.25, 0.3) is 0 Å². The van der Waals surface area contributed by atoms with Crippen molar-refractivity contribution in [3.63, 3.8) is 0 Å². The van der Waals surface area contributed by atoms with Gasteiger partial charge < -0.3 is 19.3 Å². The number of hydrogen-bond donors (Lipinski definition) is 2. The van der Waals surface area contributed by atoms with Gasteiger partial charge in [0.2, 0.25) is 0 Å². The number of rotatable bonds is 6. The first-order chi connectivity index (χ1) is 13.6. The fourth-order valence-electron chi connectivity index (χ4n) is 3.04. The van der Waals surface area contributed by atoms with Crippen molar-refractivity contribution >= 4 is 17.6 Å². The zero-order chi connectivity index (χ0) is 19.9. The summed E-state index contributed by atoms with van der Waals surface area (Å²) in [4.78, 5) is 26.5. The number of methoxy groups -OCH3 is 1. The largest absolute Gasteiger partial charge is 0.497 e. The van der Waals surface area contributed by atoms with E-state index in [1.165, 1.54) is 0 Å². The normalized spacial score (nSPS) is 15.6. The fraction of sp³-hybridized carbons (Fsp3) is 0.421. The lowest BCUT2D eigenvalue weighted by molar-refractivity contribution is -0.136. The molecule has 1 aliphatic rings. The Hall–Kier alpha value is -2.91. The van der Waals surface area contributed by atoms with Crippen LogP contribution < -0.4 is 15.4 Å². The molecule has 1 fully saturated rings. The lowest BCUT2D eigenvalue weighted by Gasteiger charge is -2.34. The maximum Gasteiger partial charge on any atom is 0.314 e. The molecular weight excluding hydrogens is 364 g/mol. The van der Waals surface area contributed by atoms with Crippen LogP contribution in [0.4, 0.5) is 5.82 Å². The number of hydrogen-bond acceptors (Lipinski definition) is 7. The smallest absolute Gasteiger partial charge is 0.314 e. The van der Waals surface area contributed by atoms with E-state index in [0.717, 1.165) is 24.4 Å². The van der Waals surface area contributed by atoms with Crippen molar-refractivity contribution in [1.29, 1.82) is 0 Å². The maximum atomic E-state index is 12.2. The summed E-state index contributed by atoms with van der Waals surface area (Å²) in [6.45, 7) is 4.74. The molecule has 9 heteroatoms. The number of amides is 2. The van der Waals surface area contributed by atoms with Crippen LogP contribution in [-0.2, 0) is 14.3 Å². The third-order valence-corrected chi connectivity index (χ3v) is 4.52. The quantitative estimate of drug-likeness (QED) is 0.714. The number of nitrogens with one attached hydrogen (secondary N) is 2. The summed E-state index contributed by atoms with van der Waals surface area (Å²) in [7, 11) is 1.61. The number of morpholine rings is 1. The Bertz CT molecular complexity index is 799. The zero-order valence-corrected chi connectivity index (χ0v) is 15.9. The maximum absolute atomic E-state index is 12.2. The van der Waals surface area contributed by atoms with Gasteiger partial charge in [0, 0.05) is 25.7 Å². The second-order valence-electron chi connectivity index (χ2n) is 6.42. The number of aryl methyl sites for hydroxylation is 1. The standard InChI is InChI=1S/C19H24N4O5/c1-13-11-17(22-28-13)21-19(25)18(24)20-12-16(23-7-9-27-10-8-23)14-3-5-15(26-2)6-4-14/h3-6,11,16H,7-10,12H2,1-2H3,(H,20,24)(H,21,22,25). The van der Waals surface area contributed by atoms with E-state index in [0.29, 0.717) is 19.0 Å². The number of benzene rings is 1. The number of nitrogens with zero attached hydrogens (tertiary/aromatic N) is 2. The predicted octanol–water partition coefficient (Wildman–Crippen LogP) is 1.12. The van der Waals surface area contributed by atoms with Gasteiger partial charge in [0.15, 0.2) is 5.82 Å². The molecule has 0 radical (unpaired) electrons. The molecule has 0 aliphatic carbocycles. The first-order valence-electron chi connectivity index (χ1n) is 9.05. The van der Waals surface area contributed by atoms with Crippen molar-refractivity contribution in [2.45, 2.75) is 13.0 Å². The van der Waals surface area contributed by atoms with Crippen LogP contribution in [0.2, 0.25) is 0 Å². The molecule has 1 unspecified atom stereocenters. The van der Waals surface area contributed by atoms with Gasteiger partial charge in [-0.15, -0.1) is 0 Å². The average molecular weight is 388 g/mol. The van der Waals surface area contributed by atoms with Crippen molar-refractivity contribution in [3.8, 4) is 5.75 Å². The molecule has 2 amide bonds. The van der Waals surface area contributed by atoms with E-state index in [-0.39, 0.29) is 18.4 Å². The SMILES string of the molecule is COc1ccc(C(CNC(=O)C(=O)Nc2cc(C)on2)N2CCOCC2)cc1. The van der Waals surface area contributed by atoms with E-state index in [1.807, 2.05) is 24.3 Å². The molecule has 1 aliphatic heterocycles. The van der Waals surface area contributed by atoms with E-state index in [2.05, 4.69) is 20.7 Å². The van der Waals surface area contributed by atoms with Gasteiger partial charge in [-0.25, -0.2) is 0 Å². The summed E-state index contributed by atoms with van der Waals surface area (Å²) in [5, 5.41) is 8.78. The molecule has 1 aromatic carbocycles. The van der Waals surface area contributed by atoms with Crippen LogP contribution in [0.1, 0.15) is 17.4 Å². The van der Waals surface area contributed by atoms with Crippen LogP contribution in [0.5, 0.6) is 5.75 Å². The number of carbonyl (C=O) groups excluding carboxylic acids is 2. The predicted molar refractivity (Wildman–Crippen MR) is 101 cm³/mol. The summed E-state index contributed by atoms with van der Waals surface area (Å²) >= 11 is 0. The Balaban J connectivity index is 1.64. The highest BCUT2D eigenvalue weighted by atomic mass is 16.5. The molecule has 9 nitrogen and oxygen atoms in total. The Morgan fingerprint density at radius 3 is 2.54 bits per heavy atom. The van der Waals surface area contributed by atoms with Crippen molar-refractivity contribution in [1.82, 2.24) is 15.4 Å². The van der Waals surface area contributed by atoms with Gasteiger partial charge in [-0.2, -0.15) is 0 Å². The van der Waals surface area contributed by atoms with E-state index < -0.39 is 11.8 Å². The number of ether oxygens (including phenoxy) is 2. The summed E-state index contributed by atoms with van der Waals surface area (Å²) in [6.07, 6.45) is 0. The second-order valence-corrected chi connectivity index (χ2v) is 6.42. The zero-order valence-electron chi connectivity index (χ0n) is 15.9. The first kappa shape index (κ1) is 19.8. The van der Waals surface area contributed by atoms with Gasteiger partial charge in [0.05, 0.1) is 26.4 Å². The number of carbonyl (C=O) groups is 2. The summed E-state index contributed by atoms with van der Waals surface area (Å²) in [6, 6.07) is 9.14. The minimum atomic E-state index is -0.788. The lowest BCUT2D eigenvalue weighted by Crippen LogP contribution is -2.45. The van der Waals surface area contributed by atoms with Crippen molar-refractivity contribution in [3.05, 3.63) is 41.7 Å². The molecule has 2 N–H and O–H groups in total. The molecule has 0 saturated carbocycles. The average Bonchev–Trinajstić information content (AvgIpc) is 3.13. The van der Waals surface area contributed by atoms with Crippen LogP contribution in [0.15, 0.2) is 34.9 Å². The highest BCUT2D eigenvalue weighted by Crippen LogP contribution is 2.23. The van der Waals surface area contributed by atoms with E-state index in [9.17, 15) is 9.59 Å². The van der Waals surface area contributed by atoms with Crippen LogP contribution in [0, 0.1) is 6.92 Å². The Labute approximate surface area is 163 Å². The van der Waals surface area contributed by atoms with Gasteiger partial charge >= 0.3 is 11.8 Å². The molecule has 1 aromatic heterocycles. The fourth-order valence-corrected chi connectivity index (χ4v) is 3.04. The number of aromatic nitrogens is 1. The van der Waals surface area contributed by atoms with Crippen LogP contribution >= 0.6 is 0 Å². The molecule has 28 heavy (non-hydrogen) atoms. The summed E-state index contributed by atoms with van der Waals surface area (Å²) in [5.41, 5.74) is 1.02. The Morgan fingerprint density at radius 1 is 1.21 bits per heavy atom. The summed E-state index contributed by atoms with van der Waals surface area (Å²) < 4.78 is 15.5. The van der Waals surface area contributed by atoms with E-state index in [4.69, 9.17) is 14.0 Å². The second kappa shape index (κ2) is 9.34. The molecule has 2 aromatic rings. The molecule has 150 valence electrons. The molecule has 0 bridgehead atoms. The highest BCUT2D eigenvalue weighted by Gasteiger charge is 2.25. The van der Waals surface area contributed by atoms with E-state index in [1.54, 1.807) is 20.1 Å². The Kier molecular flexibility index (Phi) is 6.62. The third-order valence-electron chi connectivity index (χ3n) is 4.52. The van der Waals surface area contributed by atoms with E-state index >= 15 is 0 Å². The topological polar surface area (TPSA) is 106 Å². The van der Waals surface area contributed by atoms with Crippen LogP contribution in [-0.4, -0.2) is 61.8 Å². The first-order valence-corrected chi connectivity index (χ1v) is 9.05. The van der Waals surface area contributed by atoms with Gasteiger partial charge in [-0.3, -0.25) is 19.8 Å². The van der Waals surface area contributed by atoms with Crippen LogP contribution in [0.25, 0.3) is 0 Å².